The molecule has 0 spiro atoms. The van der Waals surface area contributed by atoms with Crippen molar-refractivity contribution in [2.24, 2.45) is 0 Å². The summed E-state index contributed by atoms with van der Waals surface area (Å²) in [5, 5.41) is 0. The molecule has 4 nitrogen and oxygen atoms in total. The Labute approximate surface area is 236 Å². The number of hydrogen-bond donors (Lipinski definition) is 0. The lowest BCUT2D eigenvalue weighted by atomic mass is 9.83. The molecule has 0 bridgehead atoms. The molecule has 0 radical (unpaired) electrons. The molecule has 0 saturated carbocycles. The SMILES string of the molecule is [C-]#[N+]c1ccc(C2=CC(=O)N3CC(O[C@H](C)c4cc(C(F)(F)F)cc(C(F)(F)F)c4)[C@@H](c4ccc(F)cc4)C3C2)cc1. The molecular formula is C31H23F7N2O2. The fraction of sp³-hybridized carbons (Fsp3) is 0.290. The summed E-state index contributed by atoms with van der Waals surface area (Å²) >= 11 is 0. The minimum atomic E-state index is -5.01. The first kappa shape index (κ1) is 29.3. The molecule has 2 unspecified atom stereocenters. The monoisotopic (exact) mass is 588 g/mol. The van der Waals surface area contributed by atoms with E-state index in [4.69, 9.17) is 11.3 Å². The van der Waals surface area contributed by atoms with Gasteiger partial charge in [-0.05, 0) is 65.9 Å². The highest BCUT2D eigenvalue weighted by Crippen LogP contribution is 2.45. The average Bonchev–Trinajstić information content (AvgIpc) is 3.30. The smallest absolute Gasteiger partial charge is 0.368 e. The quantitative estimate of drug-likeness (QED) is 0.222. The summed E-state index contributed by atoms with van der Waals surface area (Å²) in [6, 6.07) is 13.1. The summed E-state index contributed by atoms with van der Waals surface area (Å²) in [7, 11) is 0. The van der Waals surface area contributed by atoms with Crippen LogP contribution in [0.2, 0.25) is 0 Å². The fourth-order valence-corrected chi connectivity index (χ4v) is 5.65. The Balaban J connectivity index is 1.49. The maximum atomic E-state index is 13.8. The molecule has 0 aromatic heterocycles. The van der Waals surface area contributed by atoms with Gasteiger partial charge in [0.15, 0.2) is 5.69 Å². The topological polar surface area (TPSA) is 33.9 Å². The van der Waals surface area contributed by atoms with Gasteiger partial charge in [0.1, 0.15) is 5.82 Å². The third kappa shape index (κ3) is 5.90. The van der Waals surface area contributed by atoms with Gasteiger partial charge >= 0.3 is 12.4 Å². The molecule has 0 N–H and O–H groups in total. The number of ether oxygens (including phenoxy) is 1. The van der Waals surface area contributed by atoms with Crippen LogP contribution in [0.1, 0.15) is 53.2 Å². The summed E-state index contributed by atoms with van der Waals surface area (Å²) in [5.41, 5.74) is -0.742. The Bertz CT molecular complexity index is 1520. The fourth-order valence-electron chi connectivity index (χ4n) is 5.65. The lowest BCUT2D eigenvalue weighted by Gasteiger charge is -2.33. The highest BCUT2D eigenvalue weighted by molar-refractivity contribution is 5.98. The zero-order valence-electron chi connectivity index (χ0n) is 22.0. The second-order valence-electron chi connectivity index (χ2n) is 10.3. The first-order valence-corrected chi connectivity index (χ1v) is 12.9. The van der Waals surface area contributed by atoms with Crippen molar-refractivity contribution in [1.29, 1.82) is 0 Å². The molecule has 3 aromatic rings. The second kappa shape index (κ2) is 10.9. The van der Waals surface area contributed by atoms with Crippen molar-refractivity contribution in [3.63, 3.8) is 0 Å². The van der Waals surface area contributed by atoms with Gasteiger partial charge in [-0.2, -0.15) is 26.3 Å². The zero-order chi connectivity index (χ0) is 30.4. The molecule has 1 saturated heterocycles. The summed E-state index contributed by atoms with van der Waals surface area (Å²) in [6.45, 7) is 8.54. The van der Waals surface area contributed by atoms with Crippen LogP contribution in [-0.2, 0) is 21.9 Å². The molecule has 4 atom stereocenters. The number of alkyl halides is 6. The summed E-state index contributed by atoms with van der Waals surface area (Å²) in [6.07, 6.45) is -10.2. The van der Waals surface area contributed by atoms with E-state index in [9.17, 15) is 35.5 Å². The van der Waals surface area contributed by atoms with E-state index in [0.717, 1.165) is 5.56 Å². The van der Waals surface area contributed by atoms with Gasteiger partial charge in [0.2, 0.25) is 5.91 Å². The molecule has 218 valence electrons. The standard InChI is InChI=1S/C31H23F7N2O2/c1-17(20-11-22(30(33,34)35)15-23(12-20)31(36,37)38)42-27-16-40-26(29(27)19-3-7-24(32)8-4-19)13-21(14-28(40)41)18-5-9-25(39-2)10-6-18/h3-12,14-15,17,26-27,29H,13,16H2,1H3/t17-,26?,27?,29+/m1/s1. The molecule has 0 aliphatic carbocycles. The van der Waals surface area contributed by atoms with E-state index < -0.39 is 53.5 Å². The number of benzene rings is 3. The van der Waals surface area contributed by atoms with Gasteiger partial charge in [-0.25, -0.2) is 9.24 Å². The van der Waals surface area contributed by atoms with Crippen molar-refractivity contribution in [3.05, 3.63) is 118 Å². The Hall–Kier alpha value is -4.17. The van der Waals surface area contributed by atoms with Crippen LogP contribution in [0.15, 0.2) is 72.8 Å². The van der Waals surface area contributed by atoms with Gasteiger partial charge in [0, 0.05) is 24.6 Å². The first-order chi connectivity index (χ1) is 19.7. The largest absolute Gasteiger partial charge is 0.416 e. The van der Waals surface area contributed by atoms with Crippen molar-refractivity contribution < 1.29 is 40.3 Å². The molecule has 2 heterocycles. The van der Waals surface area contributed by atoms with Crippen molar-refractivity contribution in [3.8, 4) is 0 Å². The van der Waals surface area contributed by atoms with E-state index in [-0.39, 0.29) is 24.1 Å². The normalized spacial score (nSPS) is 21.5. The molecule has 42 heavy (non-hydrogen) atoms. The third-order valence-corrected chi connectivity index (χ3v) is 7.68. The van der Waals surface area contributed by atoms with Crippen LogP contribution in [0, 0.1) is 12.4 Å². The summed E-state index contributed by atoms with van der Waals surface area (Å²) < 4.78 is 101. The Kier molecular flexibility index (Phi) is 7.62. The van der Waals surface area contributed by atoms with E-state index in [0.29, 0.717) is 35.4 Å². The minimum absolute atomic E-state index is 0.0292. The van der Waals surface area contributed by atoms with Gasteiger partial charge < -0.3 is 9.64 Å². The van der Waals surface area contributed by atoms with Gasteiger partial charge in [-0.1, -0.05) is 36.4 Å². The molecule has 5 rings (SSSR count). The summed E-state index contributed by atoms with van der Waals surface area (Å²) in [5.74, 6) is -1.39. The summed E-state index contributed by atoms with van der Waals surface area (Å²) in [4.78, 5) is 18.2. The number of hydrogen-bond acceptors (Lipinski definition) is 2. The average molecular weight is 589 g/mol. The van der Waals surface area contributed by atoms with Crippen LogP contribution in [0.3, 0.4) is 0 Å². The number of halogens is 7. The van der Waals surface area contributed by atoms with Gasteiger partial charge in [0.05, 0.1) is 29.9 Å². The van der Waals surface area contributed by atoms with Gasteiger partial charge in [0.25, 0.3) is 0 Å². The molecule has 3 aromatic carbocycles. The number of amides is 1. The lowest BCUT2D eigenvalue weighted by molar-refractivity contribution is -0.143. The number of carbonyl (C=O) groups excluding carboxylic acids is 1. The predicted octanol–water partition coefficient (Wildman–Crippen LogP) is 8.34. The van der Waals surface area contributed by atoms with Gasteiger partial charge in [-0.15, -0.1) is 0 Å². The van der Waals surface area contributed by atoms with Crippen LogP contribution in [0.4, 0.5) is 36.4 Å². The van der Waals surface area contributed by atoms with Crippen LogP contribution in [0.5, 0.6) is 0 Å². The van der Waals surface area contributed by atoms with E-state index in [1.54, 1.807) is 29.2 Å². The van der Waals surface area contributed by atoms with E-state index >= 15 is 0 Å². The number of rotatable bonds is 5. The van der Waals surface area contributed by atoms with Crippen molar-refractivity contribution in [1.82, 2.24) is 4.90 Å². The van der Waals surface area contributed by atoms with Crippen LogP contribution < -0.4 is 0 Å². The minimum Gasteiger partial charge on any atom is -0.368 e. The highest BCUT2D eigenvalue weighted by Gasteiger charge is 2.48. The molecule has 1 fully saturated rings. The molecule has 1 amide bonds. The van der Waals surface area contributed by atoms with Crippen molar-refractivity contribution in [2.75, 3.05) is 6.54 Å². The van der Waals surface area contributed by atoms with Crippen molar-refractivity contribution >= 4 is 17.2 Å². The Morgan fingerprint density at radius 3 is 2.07 bits per heavy atom. The number of carbonyl (C=O) groups is 1. The van der Waals surface area contributed by atoms with Crippen LogP contribution >= 0.6 is 0 Å². The van der Waals surface area contributed by atoms with E-state index in [2.05, 4.69) is 4.85 Å². The second-order valence-corrected chi connectivity index (χ2v) is 10.3. The van der Waals surface area contributed by atoms with Crippen LogP contribution in [0.25, 0.3) is 10.4 Å². The molecule has 2 aliphatic rings. The third-order valence-electron chi connectivity index (χ3n) is 7.68. The number of nitrogens with zero attached hydrogens (tertiary/aromatic N) is 2. The number of fused-ring (bicyclic) bond motifs is 1. The lowest BCUT2D eigenvalue weighted by Crippen LogP contribution is -2.39. The zero-order valence-corrected chi connectivity index (χ0v) is 22.0. The van der Waals surface area contributed by atoms with E-state index in [1.807, 2.05) is 0 Å². The molecule has 2 aliphatic heterocycles. The first-order valence-electron chi connectivity index (χ1n) is 12.9. The van der Waals surface area contributed by atoms with E-state index in [1.165, 1.54) is 37.3 Å². The highest BCUT2D eigenvalue weighted by atomic mass is 19.4. The Morgan fingerprint density at radius 2 is 1.52 bits per heavy atom. The Morgan fingerprint density at radius 1 is 0.929 bits per heavy atom. The van der Waals surface area contributed by atoms with Crippen molar-refractivity contribution in [2.45, 2.75) is 49.9 Å². The predicted molar refractivity (Wildman–Crippen MR) is 140 cm³/mol. The van der Waals surface area contributed by atoms with Gasteiger partial charge in [-0.3, -0.25) is 4.79 Å². The maximum absolute atomic E-state index is 13.8. The molecule has 11 heteroatoms. The van der Waals surface area contributed by atoms with Crippen LogP contribution in [-0.4, -0.2) is 29.5 Å². The molecular weight excluding hydrogens is 565 g/mol. The maximum Gasteiger partial charge on any atom is 0.416 e.